The van der Waals surface area contributed by atoms with E-state index >= 15 is 0 Å². The summed E-state index contributed by atoms with van der Waals surface area (Å²) in [6, 6.07) is 0.488. The minimum Gasteiger partial charge on any atom is -0.326 e. The van der Waals surface area contributed by atoms with Crippen LogP contribution in [0.3, 0.4) is 0 Å². The number of nitrogens with two attached hydrogens (primary N) is 2. The molecule has 4 atom stereocenters. The van der Waals surface area contributed by atoms with Gasteiger partial charge >= 0.3 is 0 Å². The molecule has 72 valence electrons. The molecular weight excluding hydrogens is 148 g/mol. The Balaban J connectivity index is 2.52. The lowest BCUT2D eigenvalue weighted by atomic mass is 9.73. The predicted molar refractivity (Wildman–Crippen MR) is 52.7 cm³/mol. The third kappa shape index (κ3) is 1.80. The second-order valence-corrected chi connectivity index (χ2v) is 4.07. The highest BCUT2D eigenvalue weighted by atomic mass is 14.8. The first-order chi connectivity index (χ1) is 5.70. The maximum absolute atomic E-state index is 6.07. The van der Waals surface area contributed by atoms with Gasteiger partial charge in [-0.2, -0.15) is 0 Å². The van der Waals surface area contributed by atoms with Crippen molar-refractivity contribution in [3.63, 3.8) is 0 Å². The summed E-state index contributed by atoms with van der Waals surface area (Å²) in [5, 5.41) is 0. The van der Waals surface area contributed by atoms with Gasteiger partial charge in [-0.05, 0) is 24.7 Å². The third-order valence-electron chi connectivity index (χ3n) is 3.49. The average Bonchev–Trinajstić information content (AvgIpc) is 2.10. The van der Waals surface area contributed by atoms with Crippen molar-refractivity contribution < 1.29 is 0 Å². The molecule has 0 amide bonds. The molecule has 1 saturated carbocycles. The number of rotatable bonds is 2. The largest absolute Gasteiger partial charge is 0.326 e. The summed E-state index contributed by atoms with van der Waals surface area (Å²) in [6.07, 6.45) is 4.93. The summed E-state index contributed by atoms with van der Waals surface area (Å²) in [6.45, 7) is 4.42. The Morgan fingerprint density at radius 3 is 1.50 bits per heavy atom. The Kier molecular flexibility index (Phi) is 3.53. The van der Waals surface area contributed by atoms with E-state index in [1.54, 1.807) is 0 Å². The molecule has 2 heteroatoms. The zero-order chi connectivity index (χ0) is 9.14. The molecule has 0 aliphatic heterocycles. The van der Waals surface area contributed by atoms with Gasteiger partial charge < -0.3 is 11.5 Å². The zero-order valence-corrected chi connectivity index (χ0v) is 8.29. The lowest BCUT2D eigenvalue weighted by molar-refractivity contribution is 0.193. The van der Waals surface area contributed by atoms with Crippen LogP contribution in [0.4, 0.5) is 0 Å². The molecule has 12 heavy (non-hydrogen) atoms. The van der Waals surface area contributed by atoms with Gasteiger partial charge in [-0.15, -0.1) is 0 Å². The Bertz CT molecular complexity index is 120. The molecule has 0 bridgehead atoms. The fourth-order valence-corrected chi connectivity index (χ4v) is 2.39. The van der Waals surface area contributed by atoms with E-state index in [0.29, 0.717) is 11.8 Å². The average molecular weight is 170 g/mol. The monoisotopic (exact) mass is 170 g/mol. The molecule has 0 unspecified atom stereocenters. The van der Waals surface area contributed by atoms with Gasteiger partial charge in [-0.1, -0.05) is 26.7 Å². The van der Waals surface area contributed by atoms with Crippen LogP contribution in [0.15, 0.2) is 0 Å². The molecule has 0 heterocycles. The van der Waals surface area contributed by atoms with Crippen LogP contribution in [0, 0.1) is 11.8 Å². The molecule has 0 spiro atoms. The van der Waals surface area contributed by atoms with E-state index in [1.807, 2.05) is 0 Å². The molecule has 1 fully saturated rings. The van der Waals surface area contributed by atoms with Crippen molar-refractivity contribution in [2.45, 2.75) is 51.6 Å². The maximum Gasteiger partial charge on any atom is 0.0223 e. The van der Waals surface area contributed by atoms with E-state index in [2.05, 4.69) is 13.8 Å². The fraction of sp³-hybridized carbons (Fsp3) is 1.00. The zero-order valence-electron chi connectivity index (χ0n) is 8.29. The first kappa shape index (κ1) is 10.0. The Labute approximate surface area is 75.7 Å². The van der Waals surface area contributed by atoms with E-state index < -0.39 is 0 Å². The number of hydrogen-bond acceptors (Lipinski definition) is 2. The summed E-state index contributed by atoms with van der Waals surface area (Å²) in [5.41, 5.74) is 12.1. The molecule has 0 aromatic rings. The van der Waals surface area contributed by atoms with Crippen molar-refractivity contribution in [2.24, 2.45) is 23.3 Å². The predicted octanol–water partition coefficient (Wildman–Crippen LogP) is 1.49. The van der Waals surface area contributed by atoms with Gasteiger partial charge in [0.25, 0.3) is 0 Å². The molecule has 0 saturated heterocycles. The molecular formula is C10H22N2. The molecule has 1 rings (SSSR count). The maximum atomic E-state index is 6.07. The Morgan fingerprint density at radius 1 is 0.917 bits per heavy atom. The quantitative estimate of drug-likeness (QED) is 0.659. The van der Waals surface area contributed by atoms with Gasteiger partial charge in [-0.3, -0.25) is 0 Å². The first-order valence-electron chi connectivity index (χ1n) is 5.21. The smallest absolute Gasteiger partial charge is 0.0223 e. The lowest BCUT2D eigenvalue weighted by Crippen LogP contribution is -2.53. The fourth-order valence-electron chi connectivity index (χ4n) is 2.39. The summed E-state index contributed by atoms with van der Waals surface area (Å²) in [4.78, 5) is 0. The van der Waals surface area contributed by atoms with Crippen LogP contribution in [0.25, 0.3) is 0 Å². The Morgan fingerprint density at radius 2 is 1.25 bits per heavy atom. The molecule has 1 aliphatic carbocycles. The number of hydrogen-bond donors (Lipinski definition) is 2. The molecule has 0 radical (unpaired) electrons. The van der Waals surface area contributed by atoms with Crippen LogP contribution >= 0.6 is 0 Å². The van der Waals surface area contributed by atoms with E-state index in [-0.39, 0.29) is 12.1 Å². The van der Waals surface area contributed by atoms with E-state index in [1.165, 1.54) is 25.7 Å². The second kappa shape index (κ2) is 4.24. The second-order valence-electron chi connectivity index (χ2n) is 4.07. The van der Waals surface area contributed by atoms with Crippen LogP contribution in [0.1, 0.15) is 39.5 Å². The van der Waals surface area contributed by atoms with Crippen LogP contribution < -0.4 is 11.5 Å². The van der Waals surface area contributed by atoms with Gasteiger partial charge in [0.2, 0.25) is 0 Å². The lowest BCUT2D eigenvalue weighted by Gasteiger charge is -2.38. The highest BCUT2D eigenvalue weighted by Crippen LogP contribution is 2.30. The summed E-state index contributed by atoms with van der Waals surface area (Å²) < 4.78 is 0. The van der Waals surface area contributed by atoms with Crippen molar-refractivity contribution >= 4 is 0 Å². The highest BCUT2D eigenvalue weighted by Gasteiger charge is 2.32. The summed E-state index contributed by atoms with van der Waals surface area (Å²) in [7, 11) is 0. The Hall–Kier alpha value is -0.0800. The van der Waals surface area contributed by atoms with Crippen molar-refractivity contribution in [2.75, 3.05) is 0 Å². The van der Waals surface area contributed by atoms with E-state index in [4.69, 9.17) is 11.5 Å². The van der Waals surface area contributed by atoms with Gasteiger partial charge in [-0.25, -0.2) is 0 Å². The van der Waals surface area contributed by atoms with Crippen molar-refractivity contribution in [1.82, 2.24) is 0 Å². The van der Waals surface area contributed by atoms with Crippen LogP contribution in [-0.4, -0.2) is 12.1 Å². The van der Waals surface area contributed by atoms with Gasteiger partial charge in [0.05, 0.1) is 0 Å². The third-order valence-corrected chi connectivity index (χ3v) is 3.49. The van der Waals surface area contributed by atoms with Gasteiger partial charge in [0.1, 0.15) is 0 Å². The molecule has 0 aromatic heterocycles. The van der Waals surface area contributed by atoms with E-state index in [9.17, 15) is 0 Å². The SMILES string of the molecule is CC[C@@H]1CC[C@H](CC)[C@@H](N)[C@@H]1N. The minimum atomic E-state index is 0.244. The first-order valence-corrected chi connectivity index (χ1v) is 5.21. The molecule has 4 N–H and O–H groups in total. The highest BCUT2D eigenvalue weighted by molar-refractivity contribution is 4.91. The summed E-state index contributed by atoms with van der Waals surface area (Å²) in [5.74, 6) is 1.34. The van der Waals surface area contributed by atoms with E-state index in [0.717, 1.165) is 0 Å². The van der Waals surface area contributed by atoms with Crippen LogP contribution in [0.2, 0.25) is 0 Å². The van der Waals surface area contributed by atoms with Crippen molar-refractivity contribution in [3.8, 4) is 0 Å². The van der Waals surface area contributed by atoms with Crippen molar-refractivity contribution in [3.05, 3.63) is 0 Å². The van der Waals surface area contributed by atoms with Gasteiger partial charge in [0, 0.05) is 12.1 Å². The normalized spacial score (nSPS) is 43.0. The standard InChI is InChI=1S/C10H22N2/c1-3-7-5-6-8(4-2)10(12)9(7)11/h7-10H,3-6,11-12H2,1-2H3/t7-,8+,9-,10-/m1/s1. The van der Waals surface area contributed by atoms with Crippen LogP contribution in [0.5, 0.6) is 0 Å². The van der Waals surface area contributed by atoms with Gasteiger partial charge in [0.15, 0.2) is 0 Å². The molecule has 1 aliphatic rings. The molecule has 2 nitrogen and oxygen atoms in total. The topological polar surface area (TPSA) is 52.0 Å². The van der Waals surface area contributed by atoms with Crippen LogP contribution in [-0.2, 0) is 0 Å². The summed E-state index contributed by atoms with van der Waals surface area (Å²) >= 11 is 0. The molecule has 0 aromatic carbocycles. The van der Waals surface area contributed by atoms with Crippen molar-refractivity contribution in [1.29, 1.82) is 0 Å². The minimum absolute atomic E-state index is 0.244.